The summed E-state index contributed by atoms with van der Waals surface area (Å²) in [6.45, 7) is 1.13. The van der Waals surface area contributed by atoms with Gasteiger partial charge >= 0.3 is 0 Å². The molecule has 1 aromatic heterocycles. The molecule has 1 aliphatic rings. The van der Waals surface area contributed by atoms with E-state index in [1.807, 2.05) is 53.4 Å². The summed E-state index contributed by atoms with van der Waals surface area (Å²) in [7, 11) is -3.33. The van der Waals surface area contributed by atoms with Crippen molar-refractivity contribution < 1.29 is 17.6 Å². The number of fused-ring (bicyclic) bond motifs is 1. The first-order valence-corrected chi connectivity index (χ1v) is 12.0. The number of hydrogen-bond donors (Lipinski definition) is 0. The molecular weight excluding hydrogens is 386 g/mol. The van der Waals surface area contributed by atoms with Crippen LogP contribution in [0.3, 0.4) is 0 Å². The van der Waals surface area contributed by atoms with Crippen molar-refractivity contribution in [3.8, 4) is 0 Å². The molecule has 6 heteroatoms. The lowest BCUT2D eigenvalue weighted by atomic mass is 9.85. The monoisotopic (exact) mass is 411 g/mol. The zero-order valence-corrected chi connectivity index (χ0v) is 17.3. The fraction of sp³-hybridized carbons (Fsp3) is 0.348. The quantitative estimate of drug-likeness (QED) is 0.577. The number of rotatable bonds is 7. The van der Waals surface area contributed by atoms with E-state index >= 15 is 0 Å². The smallest absolute Gasteiger partial charge is 0.290 e. The van der Waals surface area contributed by atoms with Gasteiger partial charge in [0, 0.05) is 30.3 Å². The molecule has 5 nitrogen and oxygen atoms in total. The Balaban J connectivity index is 1.72. The van der Waals surface area contributed by atoms with E-state index in [0.717, 1.165) is 18.4 Å². The fourth-order valence-corrected chi connectivity index (χ4v) is 4.64. The molecule has 1 fully saturated rings. The second-order valence-corrected chi connectivity index (χ2v) is 10.1. The normalized spacial score (nSPS) is 14.7. The molecular formula is C23H25NO4S. The Morgan fingerprint density at radius 3 is 2.41 bits per heavy atom. The van der Waals surface area contributed by atoms with E-state index in [-0.39, 0.29) is 17.4 Å². The molecule has 152 valence electrons. The van der Waals surface area contributed by atoms with Crippen LogP contribution in [0.25, 0.3) is 11.0 Å². The summed E-state index contributed by atoms with van der Waals surface area (Å²) >= 11 is 0. The van der Waals surface area contributed by atoms with Gasteiger partial charge in [0.15, 0.2) is 15.6 Å². The lowest BCUT2D eigenvalue weighted by molar-refractivity contribution is 0.0649. The molecule has 0 radical (unpaired) electrons. The van der Waals surface area contributed by atoms with Crippen LogP contribution in [0.2, 0.25) is 0 Å². The van der Waals surface area contributed by atoms with Crippen LogP contribution >= 0.6 is 0 Å². The molecule has 1 heterocycles. The van der Waals surface area contributed by atoms with E-state index < -0.39 is 9.84 Å². The summed E-state index contributed by atoms with van der Waals surface area (Å²) in [6.07, 6.45) is 4.62. The standard InChI is InChI=1S/C23H25NO4S/c1-29(26,27)16-20-19-12-5-6-13-21(19)28-22(20)23(25)24(15-18-10-7-11-18)14-17-8-3-2-4-9-17/h2-6,8-9,12-13,18H,7,10-11,14-16H2,1H3. The van der Waals surface area contributed by atoms with Gasteiger partial charge in [0.25, 0.3) is 5.91 Å². The zero-order valence-electron chi connectivity index (χ0n) is 16.5. The van der Waals surface area contributed by atoms with Crippen molar-refractivity contribution in [3.63, 3.8) is 0 Å². The van der Waals surface area contributed by atoms with Gasteiger partial charge in [0.2, 0.25) is 0 Å². The van der Waals surface area contributed by atoms with Gasteiger partial charge in [0.1, 0.15) is 5.58 Å². The number of amides is 1. The van der Waals surface area contributed by atoms with Crippen LogP contribution in [-0.2, 0) is 22.1 Å². The van der Waals surface area contributed by atoms with Crippen molar-refractivity contribution in [2.75, 3.05) is 12.8 Å². The van der Waals surface area contributed by atoms with Crippen LogP contribution in [0, 0.1) is 5.92 Å². The molecule has 0 N–H and O–H groups in total. The molecule has 29 heavy (non-hydrogen) atoms. The molecule has 3 aromatic rings. The average molecular weight is 412 g/mol. The van der Waals surface area contributed by atoms with E-state index in [4.69, 9.17) is 4.42 Å². The molecule has 0 saturated heterocycles. The van der Waals surface area contributed by atoms with E-state index in [1.54, 1.807) is 6.07 Å². The van der Waals surface area contributed by atoms with Crippen LogP contribution in [0.5, 0.6) is 0 Å². The number of sulfone groups is 1. The first-order chi connectivity index (χ1) is 13.9. The van der Waals surface area contributed by atoms with E-state index in [2.05, 4.69) is 0 Å². The van der Waals surface area contributed by atoms with Crippen LogP contribution in [0.1, 0.15) is 40.9 Å². The van der Waals surface area contributed by atoms with Crippen LogP contribution in [0.4, 0.5) is 0 Å². The zero-order chi connectivity index (χ0) is 20.4. The Morgan fingerprint density at radius 1 is 1.07 bits per heavy atom. The number of carbonyl (C=O) groups excluding carboxylic acids is 1. The second kappa shape index (κ2) is 8.03. The Hall–Kier alpha value is -2.60. The first kappa shape index (κ1) is 19.7. The van der Waals surface area contributed by atoms with Crippen molar-refractivity contribution in [3.05, 3.63) is 71.5 Å². The minimum absolute atomic E-state index is 0.145. The van der Waals surface area contributed by atoms with Gasteiger partial charge in [-0.25, -0.2) is 8.42 Å². The van der Waals surface area contributed by atoms with Crippen LogP contribution in [-0.4, -0.2) is 32.0 Å². The molecule has 0 spiro atoms. The van der Waals surface area contributed by atoms with E-state index in [0.29, 0.717) is 35.5 Å². The topological polar surface area (TPSA) is 67.6 Å². The molecule has 1 amide bonds. The third-order valence-electron chi connectivity index (χ3n) is 5.51. The number of benzene rings is 2. The van der Waals surface area contributed by atoms with Crippen molar-refractivity contribution in [1.82, 2.24) is 4.90 Å². The number of furan rings is 1. The minimum atomic E-state index is -3.33. The highest BCUT2D eigenvalue weighted by Crippen LogP contribution is 2.31. The molecule has 1 aliphatic carbocycles. The highest BCUT2D eigenvalue weighted by molar-refractivity contribution is 7.89. The summed E-state index contributed by atoms with van der Waals surface area (Å²) in [5, 5.41) is 0.685. The summed E-state index contributed by atoms with van der Waals surface area (Å²) in [5.74, 6) is 0.182. The van der Waals surface area contributed by atoms with Crippen LogP contribution < -0.4 is 0 Å². The summed E-state index contributed by atoms with van der Waals surface area (Å²) < 4.78 is 30.0. The molecule has 2 aromatic carbocycles. The van der Waals surface area contributed by atoms with Crippen molar-refractivity contribution >= 4 is 26.7 Å². The maximum Gasteiger partial charge on any atom is 0.290 e. The highest BCUT2D eigenvalue weighted by Gasteiger charge is 2.30. The average Bonchev–Trinajstić information content (AvgIpc) is 3.01. The van der Waals surface area contributed by atoms with Gasteiger partial charge in [-0.15, -0.1) is 0 Å². The fourth-order valence-electron chi connectivity index (χ4n) is 3.83. The van der Waals surface area contributed by atoms with Gasteiger partial charge in [-0.2, -0.15) is 0 Å². The Morgan fingerprint density at radius 2 is 1.76 bits per heavy atom. The van der Waals surface area contributed by atoms with Crippen molar-refractivity contribution in [2.24, 2.45) is 5.92 Å². The molecule has 0 bridgehead atoms. The van der Waals surface area contributed by atoms with Gasteiger partial charge in [-0.3, -0.25) is 4.79 Å². The molecule has 4 rings (SSSR count). The Labute approximate surface area is 171 Å². The molecule has 0 atom stereocenters. The Kier molecular flexibility index (Phi) is 5.46. The third kappa shape index (κ3) is 4.53. The van der Waals surface area contributed by atoms with Gasteiger partial charge in [-0.05, 0) is 30.4 Å². The van der Waals surface area contributed by atoms with Gasteiger partial charge in [0.05, 0.1) is 5.75 Å². The highest BCUT2D eigenvalue weighted by atomic mass is 32.2. The SMILES string of the molecule is CS(=O)(=O)Cc1c(C(=O)N(Cc2ccccc2)CC2CCC2)oc2ccccc12. The van der Waals surface area contributed by atoms with Crippen molar-refractivity contribution in [2.45, 2.75) is 31.6 Å². The maximum absolute atomic E-state index is 13.5. The number of carbonyl (C=O) groups is 1. The molecule has 1 saturated carbocycles. The largest absolute Gasteiger partial charge is 0.451 e. The second-order valence-electron chi connectivity index (χ2n) is 7.94. The molecule has 0 aliphatic heterocycles. The molecule has 0 unspecified atom stereocenters. The predicted octanol–water partition coefficient (Wildman–Crippen LogP) is 4.42. The van der Waals surface area contributed by atoms with Gasteiger partial charge in [-0.1, -0.05) is 55.0 Å². The van der Waals surface area contributed by atoms with Gasteiger partial charge < -0.3 is 9.32 Å². The third-order valence-corrected chi connectivity index (χ3v) is 6.32. The predicted molar refractivity (Wildman–Crippen MR) is 113 cm³/mol. The lowest BCUT2D eigenvalue weighted by Gasteiger charge is -2.32. The Bertz CT molecular complexity index is 1110. The number of nitrogens with zero attached hydrogens (tertiary/aromatic N) is 1. The maximum atomic E-state index is 13.5. The summed E-state index contributed by atoms with van der Waals surface area (Å²) in [6, 6.07) is 17.1. The number of para-hydroxylation sites is 1. The summed E-state index contributed by atoms with van der Waals surface area (Å²) in [5.41, 5.74) is 2.04. The van der Waals surface area contributed by atoms with Crippen LogP contribution in [0.15, 0.2) is 59.0 Å². The summed E-state index contributed by atoms with van der Waals surface area (Å²) in [4.78, 5) is 15.3. The van der Waals surface area contributed by atoms with E-state index in [1.165, 1.54) is 12.7 Å². The van der Waals surface area contributed by atoms with E-state index in [9.17, 15) is 13.2 Å². The first-order valence-electron chi connectivity index (χ1n) is 9.92. The number of hydrogen-bond acceptors (Lipinski definition) is 4. The minimum Gasteiger partial charge on any atom is -0.451 e. The lowest BCUT2D eigenvalue weighted by Crippen LogP contribution is -2.37. The van der Waals surface area contributed by atoms with Crippen molar-refractivity contribution in [1.29, 1.82) is 0 Å².